The Labute approximate surface area is 170 Å². The van der Waals surface area contributed by atoms with Crippen LogP contribution in [-0.4, -0.2) is 52.5 Å². The van der Waals surface area contributed by atoms with Crippen LogP contribution in [0.1, 0.15) is 74.1 Å². The molecule has 28 heavy (non-hydrogen) atoms. The maximum atomic E-state index is 13.0. The third-order valence-corrected chi connectivity index (χ3v) is 6.46. The number of ether oxygens (including phenoxy) is 2. The molecule has 2 N–H and O–H groups in total. The molecule has 0 aromatic heterocycles. The summed E-state index contributed by atoms with van der Waals surface area (Å²) in [6.45, 7) is 12.6. The number of carbonyl (C=O) groups is 2. The van der Waals surface area contributed by atoms with E-state index < -0.39 is 35.3 Å². The predicted molar refractivity (Wildman–Crippen MR) is 108 cm³/mol. The van der Waals surface area contributed by atoms with Gasteiger partial charge in [0.25, 0.3) is 0 Å². The minimum atomic E-state index is -1.72. The average Bonchev–Trinajstić information content (AvgIpc) is 2.62. The quantitative estimate of drug-likeness (QED) is 0.692. The van der Waals surface area contributed by atoms with Gasteiger partial charge in [-0.05, 0) is 45.4 Å². The Morgan fingerprint density at radius 1 is 1.11 bits per heavy atom. The van der Waals surface area contributed by atoms with E-state index in [0.29, 0.717) is 25.7 Å². The standard InChI is InChI=1S/C22H40O6/c1-9-17-22(7,26)19(24)16(5)18(23)15(4)12-21(6,27-8)11-13(2)10-14(3)20(25)28-17/h13-17,19,24,26H,9-12H2,1-8H3/t13-,14+,15+,16-,17+,19?,21-,22+/m0/s1. The lowest BCUT2D eigenvalue weighted by atomic mass is 9.75. The molecule has 1 aliphatic rings. The number of hydrogen-bond acceptors (Lipinski definition) is 6. The van der Waals surface area contributed by atoms with Crippen molar-refractivity contribution in [3.8, 4) is 0 Å². The topological polar surface area (TPSA) is 93.1 Å². The van der Waals surface area contributed by atoms with E-state index in [1.807, 2.05) is 20.8 Å². The molecular formula is C22H40O6. The van der Waals surface area contributed by atoms with Crippen LogP contribution >= 0.6 is 0 Å². The lowest BCUT2D eigenvalue weighted by molar-refractivity contribution is -0.190. The first kappa shape index (κ1) is 25.1. The summed E-state index contributed by atoms with van der Waals surface area (Å²) in [6.07, 6.45) is -0.0304. The average molecular weight is 401 g/mol. The first-order valence-corrected chi connectivity index (χ1v) is 10.5. The second-order valence-corrected chi connectivity index (χ2v) is 9.40. The summed E-state index contributed by atoms with van der Waals surface area (Å²) in [7, 11) is 1.64. The largest absolute Gasteiger partial charge is 0.459 e. The van der Waals surface area contributed by atoms with Gasteiger partial charge >= 0.3 is 5.97 Å². The van der Waals surface area contributed by atoms with Crippen LogP contribution in [0.15, 0.2) is 0 Å². The lowest BCUT2D eigenvalue weighted by Gasteiger charge is -2.40. The summed E-state index contributed by atoms with van der Waals surface area (Å²) in [5, 5.41) is 21.8. The normalized spacial score (nSPS) is 44.6. The van der Waals surface area contributed by atoms with E-state index in [2.05, 4.69) is 6.92 Å². The van der Waals surface area contributed by atoms with Crippen molar-refractivity contribution in [3.05, 3.63) is 0 Å². The molecule has 164 valence electrons. The first-order valence-electron chi connectivity index (χ1n) is 10.5. The molecule has 1 aliphatic heterocycles. The maximum Gasteiger partial charge on any atom is 0.309 e. The minimum absolute atomic E-state index is 0.129. The Balaban J connectivity index is 3.29. The molecule has 1 unspecified atom stereocenters. The molecule has 6 nitrogen and oxygen atoms in total. The van der Waals surface area contributed by atoms with E-state index in [1.165, 1.54) is 6.92 Å². The van der Waals surface area contributed by atoms with Crippen molar-refractivity contribution in [1.82, 2.24) is 0 Å². The van der Waals surface area contributed by atoms with Crippen LogP contribution in [0, 0.1) is 23.7 Å². The van der Waals surface area contributed by atoms with E-state index in [-0.39, 0.29) is 23.5 Å². The molecule has 6 heteroatoms. The van der Waals surface area contributed by atoms with Crippen molar-refractivity contribution < 1.29 is 29.3 Å². The van der Waals surface area contributed by atoms with Gasteiger partial charge in [0.15, 0.2) is 0 Å². The summed E-state index contributed by atoms with van der Waals surface area (Å²) in [6, 6.07) is 0. The SMILES string of the molecule is CC[C@H]1OC(=O)[C@H](C)C[C@H](C)C[C@](C)(OC)C[C@@H](C)C(=O)[C@H](C)C(O)[C@]1(C)O. The summed E-state index contributed by atoms with van der Waals surface area (Å²) in [5.41, 5.74) is -2.24. The summed E-state index contributed by atoms with van der Waals surface area (Å²) < 4.78 is 11.3. The summed E-state index contributed by atoms with van der Waals surface area (Å²) in [5.74, 6) is -1.79. The predicted octanol–water partition coefficient (Wildman–Crippen LogP) is 3.12. The Hall–Kier alpha value is -0.980. The lowest BCUT2D eigenvalue weighted by Crippen LogP contribution is -2.55. The number of hydrogen-bond donors (Lipinski definition) is 2. The number of ketones is 1. The fraction of sp³-hybridized carbons (Fsp3) is 0.909. The van der Waals surface area contributed by atoms with Gasteiger partial charge in [-0.15, -0.1) is 0 Å². The monoisotopic (exact) mass is 400 g/mol. The molecule has 0 spiro atoms. The molecule has 0 radical (unpaired) electrons. The molecule has 1 rings (SSSR count). The van der Waals surface area contributed by atoms with Gasteiger partial charge < -0.3 is 19.7 Å². The van der Waals surface area contributed by atoms with Gasteiger partial charge in [-0.2, -0.15) is 0 Å². The number of rotatable bonds is 2. The van der Waals surface area contributed by atoms with Crippen molar-refractivity contribution in [2.45, 2.75) is 97.6 Å². The highest BCUT2D eigenvalue weighted by Crippen LogP contribution is 2.35. The van der Waals surface area contributed by atoms with Gasteiger partial charge in [-0.25, -0.2) is 0 Å². The van der Waals surface area contributed by atoms with Crippen molar-refractivity contribution in [3.63, 3.8) is 0 Å². The number of aliphatic hydroxyl groups is 2. The first-order chi connectivity index (χ1) is 12.8. The van der Waals surface area contributed by atoms with E-state index >= 15 is 0 Å². The van der Waals surface area contributed by atoms with Gasteiger partial charge in [-0.1, -0.05) is 34.6 Å². The number of esters is 1. The van der Waals surface area contributed by atoms with Crippen LogP contribution in [0.4, 0.5) is 0 Å². The van der Waals surface area contributed by atoms with Gasteiger partial charge in [0.2, 0.25) is 0 Å². The molecule has 8 atom stereocenters. The highest BCUT2D eigenvalue weighted by molar-refractivity contribution is 5.83. The van der Waals surface area contributed by atoms with Gasteiger partial charge in [0.1, 0.15) is 17.5 Å². The molecule has 0 amide bonds. The zero-order valence-electron chi connectivity index (χ0n) is 18.8. The van der Waals surface area contributed by atoms with Crippen molar-refractivity contribution in [2.24, 2.45) is 23.7 Å². The molecule has 1 heterocycles. The fourth-order valence-electron chi connectivity index (χ4n) is 4.69. The number of carbonyl (C=O) groups excluding carboxylic acids is 2. The van der Waals surface area contributed by atoms with E-state index in [0.717, 1.165) is 0 Å². The number of aliphatic hydroxyl groups excluding tert-OH is 1. The smallest absolute Gasteiger partial charge is 0.309 e. The van der Waals surface area contributed by atoms with Gasteiger partial charge in [0, 0.05) is 18.9 Å². The third kappa shape index (κ3) is 5.77. The molecular weight excluding hydrogens is 360 g/mol. The minimum Gasteiger partial charge on any atom is -0.459 e. The zero-order chi connectivity index (χ0) is 21.9. The second-order valence-electron chi connectivity index (χ2n) is 9.40. The van der Waals surface area contributed by atoms with Crippen LogP contribution < -0.4 is 0 Å². The molecule has 1 saturated heterocycles. The van der Waals surface area contributed by atoms with Crippen LogP contribution in [0.3, 0.4) is 0 Å². The van der Waals surface area contributed by atoms with E-state index in [4.69, 9.17) is 9.47 Å². The number of cyclic esters (lactones) is 1. The van der Waals surface area contributed by atoms with Gasteiger partial charge in [0.05, 0.1) is 17.6 Å². The molecule has 0 aromatic rings. The van der Waals surface area contributed by atoms with Crippen molar-refractivity contribution in [2.75, 3.05) is 7.11 Å². The van der Waals surface area contributed by atoms with Crippen molar-refractivity contribution in [1.29, 1.82) is 0 Å². The Kier molecular flexibility index (Phi) is 8.66. The van der Waals surface area contributed by atoms with E-state index in [1.54, 1.807) is 21.0 Å². The summed E-state index contributed by atoms with van der Waals surface area (Å²) >= 11 is 0. The Morgan fingerprint density at radius 3 is 2.18 bits per heavy atom. The third-order valence-electron chi connectivity index (χ3n) is 6.46. The molecule has 0 saturated carbocycles. The molecule has 0 aliphatic carbocycles. The van der Waals surface area contributed by atoms with Crippen LogP contribution in [0.25, 0.3) is 0 Å². The molecule has 0 aromatic carbocycles. The highest BCUT2D eigenvalue weighted by Gasteiger charge is 2.46. The van der Waals surface area contributed by atoms with Crippen LogP contribution in [-0.2, 0) is 19.1 Å². The number of Topliss-reactive ketones (excluding diaryl/α,β-unsaturated/α-hetero) is 1. The second kappa shape index (κ2) is 9.68. The number of methoxy groups -OCH3 is 1. The maximum absolute atomic E-state index is 13.0. The summed E-state index contributed by atoms with van der Waals surface area (Å²) in [4.78, 5) is 25.6. The molecule has 1 fully saturated rings. The molecule has 0 bridgehead atoms. The van der Waals surface area contributed by atoms with Gasteiger partial charge in [-0.3, -0.25) is 9.59 Å². The van der Waals surface area contributed by atoms with E-state index in [9.17, 15) is 19.8 Å². The van der Waals surface area contributed by atoms with Crippen molar-refractivity contribution >= 4 is 11.8 Å². The Morgan fingerprint density at radius 2 is 1.68 bits per heavy atom. The van der Waals surface area contributed by atoms with Crippen LogP contribution in [0.2, 0.25) is 0 Å². The van der Waals surface area contributed by atoms with Crippen LogP contribution in [0.5, 0.6) is 0 Å². The highest BCUT2D eigenvalue weighted by atomic mass is 16.6. The fourth-order valence-corrected chi connectivity index (χ4v) is 4.69. The Bertz CT molecular complexity index is 545. The zero-order valence-corrected chi connectivity index (χ0v) is 18.8.